The van der Waals surface area contributed by atoms with E-state index < -0.39 is 17.8 Å². The third-order valence-electron chi connectivity index (χ3n) is 5.60. The molecular weight excluding hydrogens is 439 g/mol. The van der Waals surface area contributed by atoms with Crippen LogP contribution in [0.4, 0.5) is 4.39 Å². The van der Waals surface area contributed by atoms with Gasteiger partial charge in [-0.15, -0.1) is 0 Å². The zero-order valence-electron chi connectivity index (χ0n) is 19.0. The first-order valence-corrected chi connectivity index (χ1v) is 11.7. The molecule has 170 valence electrons. The molecule has 0 bridgehead atoms. The number of benzene rings is 2. The lowest BCUT2D eigenvalue weighted by molar-refractivity contribution is -0.139. The SMILES string of the molecule is CCOC(=O)C1=C(C)N=c2s/c(=C\c3ccc(C(C)C)cc3)c(=O)n2C1c1ccc(F)cc1. The number of allylic oxidation sites excluding steroid dienone is 1. The van der Waals surface area contributed by atoms with E-state index in [4.69, 9.17) is 4.74 Å². The van der Waals surface area contributed by atoms with Gasteiger partial charge in [0.05, 0.1) is 28.5 Å². The summed E-state index contributed by atoms with van der Waals surface area (Å²) in [6.07, 6.45) is 1.83. The minimum Gasteiger partial charge on any atom is -0.463 e. The van der Waals surface area contributed by atoms with Crippen molar-refractivity contribution in [3.05, 3.63) is 102 Å². The average Bonchev–Trinajstić information content (AvgIpc) is 3.08. The average molecular weight is 465 g/mol. The van der Waals surface area contributed by atoms with Crippen LogP contribution in [0.3, 0.4) is 0 Å². The maximum absolute atomic E-state index is 13.6. The smallest absolute Gasteiger partial charge is 0.338 e. The molecule has 2 aromatic carbocycles. The maximum Gasteiger partial charge on any atom is 0.338 e. The Balaban J connectivity index is 1.90. The molecule has 0 spiro atoms. The van der Waals surface area contributed by atoms with Gasteiger partial charge in [-0.25, -0.2) is 14.2 Å². The van der Waals surface area contributed by atoms with E-state index in [0.717, 1.165) is 5.56 Å². The molecule has 0 saturated heterocycles. The molecule has 5 nitrogen and oxygen atoms in total. The van der Waals surface area contributed by atoms with Gasteiger partial charge in [-0.2, -0.15) is 0 Å². The van der Waals surface area contributed by atoms with Gasteiger partial charge in [0.2, 0.25) is 0 Å². The van der Waals surface area contributed by atoms with Gasteiger partial charge in [0, 0.05) is 0 Å². The van der Waals surface area contributed by atoms with Crippen LogP contribution < -0.4 is 14.9 Å². The predicted octanol–water partition coefficient (Wildman–Crippen LogP) is 4.06. The summed E-state index contributed by atoms with van der Waals surface area (Å²) >= 11 is 1.27. The minimum atomic E-state index is -0.744. The van der Waals surface area contributed by atoms with Gasteiger partial charge in [0.1, 0.15) is 5.82 Å². The number of thiazole rings is 1. The monoisotopic (exact) mass is 464 g/mol. The highest BCUT2D eigenvalue weighted by Crippen LogP contribution is 2.30. The number of fused-ring (bicyclic) bond motifs is 1. The number of nitrogens with zero attached hydrogens (tertiary/aromatic N) is 2. The lowest BCUT2D eigenvalue weighted by atomic mass is 9.96. The van der Waals surface area contributed by atoms with Gasteiger partial charge in [-0.05, 0) is 54.7 Å². The van der Waals surface area contributed by atoms with Crippen LogP contribution in [-0.4, -0.2) is 17.1 Å². The Hall–Kier alpha value is -3.32. The summed E-state index contributed by atoms with van der Waals surface area (Å²) in [5, 5.41) is 0. The fourth-order valence-corrected chi connectivity index (χ4v) is 4.93. The topological polar surface area (TPSA) is 60.7 Å². The zero-order valence-corrected chi connectivity index (χ0v) is 19.8. The van der Waals surface area contributed by atoms with Crippen molar-refractivity contribution < 1.29 is 13.9 Å². The number of hydrogen-bond donors (Lipinski definition) is 0. The number of carbonyl (C=O) groups excluding carboxylic acids is 1. The van der Waals surface area contributed by atoms with Gasteiger partial charge < -0.3 is 4.74 Å². The van der Waals surface area contributed by atoms with Crippen molar-refractivity contribution in [1.29, 1.82) is 0 Å². The van der Waals surface area contributed by atoms with Gasteiger partial charge in [-0.1, -0.05) is 61.6 Å². The molecule has 0 amide bonds. The summed E-state index contributed by atoms with van der Waals surface area (Å²) < 4.78 is 20.9. The standard InChI is InChI=1S/C26H25FN2O3S/c1-5-32-25(31)22-16(4)28-26-29(23(22)19-10-12-20(27)13-11-19)24(30)21(33-26)14-17-6-8-18(9-7-17)15(2)3/h6-15,23H,5H2,1-4H3/b21-14-. The molecule has 33 heavy (non-hydrogen) atoms. The molecule has 1 unspecified atom stereocenters. The van der Waals surface area contributed by atoms with Crippen molar-refractivity contribution in [2.24, 2.45) is 4.99 Å². The Labute approximate surface area is 195 Å². The first kappa shape index (κ1) is 22.9. The van der Waals surface area contributed by atoms with Crippen LogP contribution in [0.1, 0.15) is 56.3 Å². The Morgan fingerprint density at radius 3 is 2.45 bits per heavy atom. The molecule has 0 N–H and O–H groups in total. The third-order valence-corrected chi connectivity index (χ3v) is 6.59. The number of hydrogen-bond acceptors (Lipinski definition) is 5. The second-order valence-electron chi connectivity index (χ2n) is 8.18. The lowest BCUT2D eigenvalue weighted by Crippen LogP contribution is -2.39. The van der Waals surface area contributed by atoms with Crippen molar-refractivity contribution in [3.63, 3.8) is 0 Å². The molecule has 0 aliphatic carbocycles. The van der Waals surface area contributed by atoms with Crippen LogP contribution in [0.2, 0.25) is 0 Å². The van der Waals surface area contributed by atoms with Gasteiger partial charge >= 0.3 is 5.97 Å². The Morgan fingerprint density at radius 2 is 1.85 bits per heavy atom. The molecule has 4 rings (SSSR count). The predicted molar refractivity (Wildman–Crippen MR) is 127 cm³/mol. The van der Waals surface area contributed by atoms with E-state index in [0.29, 0.717) is 26.5 Å². The normalized spacial score (nSPS) is 16.1. The summed E-state index contributed by atoms with van der Waals surface area (Å²) in [5.41, 5.74) is 3.25. The third kappa shape index (κ3) is 4.46. The number of halogens is 1. The van der Waals surface area contributed by atoms with E-state index in [1.54, 1.807) is 26.0 Å². The highest BCUT2D eigenvalue weighted by atomic mass is 32.1. The fraction of sp³-hybridized carbons (Fsp3) is 0.269. The maximum atomic E-state index is 13.6. The van der Waals surface area contributed by atoms with E-state index >= 15 is 0 Å². The summed E-state index contributed by atoms with van der Waals surface area (Å²) in [4.78, 5) is 31.4. The second-order valence-corrected chi connectivity index (χ2v) is 9.18. The largest absolute Gasteiger partial charge is 0.463 e. The van der Waals surface area contributed by atoms with Crippen molar-refractivity contribution >= 4 is 23.4 Å². The van der Waals surface area contributed by atoms with Crippen molar-refractivity contribution in [2.45, 2.75) is 39.7 Å². The number of aromatic nitrogens is 1. The number of ether oxygens (including phenoxy) is 1. The van der Waals surface area contributed by atoms with Crippen molar-refractivity contribution in [3.8, 4) is 0 Å². The molecule has 7 heteroatoms. The Bertz CT molecular complexity index is 1400. The summed E-state index contributed by atoms with van der Waals surface area (Å²) in [6.45, 7) is 7.91. The number of esters is 1. The van der Waals surface area contributed by atoms with Crippen molar-refractivity contribution in [1.82, 2.24) is 4.57 Å². The van der Waals surface area contributed by atoms with E-state index in [2.05, 4.69) is 31.0 Å². The van der Waals surface area contributed by atoms with Gasteiger partial charge in [-0.3, -0.25) is 9.36 Å². The summed E-state index contributed by atoms with van der Waals surface area (Å²) in [7, 11) is 0. The highest BCUT2D eigenvalue weighted by Gasteiger charge is 2.33. The molecular formula is C26H25FN2O3S. The second kappa shape index (κ2) is 9.27. The first-order valence-electron chi connectivity index (χ1n) is 10.8. The molecule has 1 atom stereocenters. The van der Waals surface area contributed by atoms with Crippen LogP contribution in [0.15, 0.2) is 69.6 Å². The van der Waals surface area contributed by atoms with Gasteiger partial charge in [0.15, 0.2) is 4.80 Å². The van der Waals surface area contributed by atoms with E-state index in [1.807, 2.05) is 18.2 Å². The van der Waals surface area contributed by atoms with Crippen LogP contribution >= 0.6 is 11.3 Å². The quantitative estimate of drug-likeness (QED) is 0.535. The molecule has 1 aromatic heterocycles. The highest BCUT2D eigenvalue weighted by molar-refractivity contribution is 7.07. The van der Waals surface area contributed by atoms with Crippen LogP contribution in [0, 0.1) is 5.82 Å². The molecule has 0 radical (unpaired) electrons. The number of carbonyl (C=O) groups is 1. The van der Waals surface area contributed by atoms with E-state index in [9.17, 15) is 14.0 Å². The Morgan fingerprint density at radius 1 is 1.18 bits per heavy atom. The van der Waals surface area contributed by atoms with Crippen LogP contribution in [0.5, 0.6) is 0 Å². The van der Waals surface area contributed by atoms with Crippen molar-refractivity contribution in [2.75, 3.05) is 6.61 Å². The molecule has 3 aromatic rings. The minimum absolute atomic E-state index is 0.197. The molecule has 1 aliphatic heterocycles. The fourth-order valence-electron chi connectivity index (χ4n) is 3.88. The van der Waals surface area contributed by atoms with Gasteiger partial charge in [0.25, 0.3) is 5.56 Å². The van der Waals surface area contributed by atoms with Crippen LogP contribution in [-0.2, 0) is 9.53 Å². The zero-order chi connectivity index (χ0) is 23.7. The Kier molecular flexibility index (Phi) is 6.42. The summed E-state index contributed by atoms with van der Waals surface area (Å²) in [5.74, 6) is -0.509. The molecule has 0 fully saturated rings. The first-order chi connectivity index (χ1) is 15.8. The lowest BCUT2D eigenvalue weighted by Gasteiger charge is -2.24. The number of rotatable bonds is 5. The molecule has 2 heterocycles. The molecule has 1 aliphatic rings. The summed E-state index contributed by atoms with van der Waals surface area (Å²) in [6, 6.07) is 13.1. The van der Waals surface area contributed by atoms with E-state index in [1.165, 1.54) is 33.6 Å². The molecule has 0 saturated carbocycles. The van der Waals surface area contributed by atoms with Crippen LogP contribution in [0.25, 0.3) is 6.08 Å². The van der Waals surface area contributed by atoms with E-state index in [-0.39, 0.29) is 17.7 Å².